The van der Waals surface area contributed by atoms with E-state index in [0.29, 0.717) is 13.0 Å². The highest BCUT2D eigenvalue weighted by molar-refractivity contribution is 5.69. The second-order valence-corrected chi connectivity index (χ2v) is 14.7. The molecule has 0 rings (SSSR count). The summed E-state index contributed by atoms with van der Waals surface area (Å²) < 4.78 is 11.1. The molecule has 0 spiro atoms. The molecule has 1 N–H and O–H groups in total. The second kappa shape index (κ2) is 47.5. The van der Waals surface area contributed by atoms with E-state index in [2.05, 4.69) is 111 Å². The lowest BCUT2D eigenvalue weighted by molar-refractivity contribution is -0.154. The molecule has 0 fully saturated rings. The molecule has 0 bridgehead atoms. The molecule has 0 saturated heterocycles. The van der Waals surface area contributed by atoms with Crippen molar-refractivity contribution in [2.75, 3.05) is 19.8 Å². The van der Waals surface area contributed by atoms with Crippen LogP contribution in [0.15, 0.2) is 97.2 Å². The Bertz CT molecular complexity index is 1030. The zero-order valence-corrected chi connectivity index (χ0v) is 35.9. The van der Waals surface area contributed by atoms with Gasteiger partial charge in [-0.1, -0.05) is 195 Å². The van der Waals surface area contributed by atoms with Gasteiger partial charge in [0.25, 0.3) is 0 Å². The van der Waals surface area contributed by atoms with Crippen LogP contribution in [0.1, 0.15) is 194 Å². The van der Waals surface area contributed by atoms with Gasteiger partial charge in [0.05, 0.1) is 13.2 Å². The van der Waals surface area contributed by atoms with Gasteiger partial charge < -0.3 is 14.6 Å². The van der Waals surface area contributed by atoms with Crippen LogP contribution in [0, 0.1) is 0 Å². The first-order valence-electron chi connectivity index (χ1n) is 22.8. The third-order valence-electron chi connectivity index (χ3n) is 9.39. The van der Waals surface area contributed by atoms with Crippen molar-refractivity contribution in [3.8, 4) is 0 Å². The number of unbranched alkanes of at least 4 members (excludes halogenated alkanes) is 17. The Labute approximate surface area is 341 Å². The first-order valence-corrected chi connectivity index (χ1v) is 22.8. The van der Waals surface area contributed by atoms with E-state index in [4.69, 9.17) is 9.47 Å². The summed E-state index contributed by atoms with van der Waals surface area (Å²) in [5.41, 5.74) is 0. The topological polar surface area (TPSA) is 55.8 Å². The van der Waals surface area contributed by atoms with Crippen LogP contribution in [0.3, 0.4) is 0 Å². The van der Waals surface area contributed by atoms with Crippen LogP contribution < -0.4 is 0 Å². The van der Waals surface area contributed by atoms with Gasteiger partial charge in [0.1, 0.15) is 6.10 Å². The molecule has 1 atom stereocenters. The summed E-state index contributed by atoms with van der Waals surface area (Å²) >= 11 is 0. The molecule has 0 aromatic carbocycles. The third kappa shape index (κ3) is 45.6. The highest BCUT2D eigenvalue weighted by Crippen LogP contribution is 2.13. The summed E-state index contributed by atoms with van der Waals surface area (Å²) in [7, 11) is 0. The molecule has 0 aromatic heterocycles. The highest BCUT2D eigenvalue weighted by Gasteiger charge is 2.13. The van der Waals surface area contributed by atoms with Crippen LogP contribution in [0.5, 0.6) is 0 Å². The van der Waals surface area contributed by atoms with Crippen LogP contribution in [0.4, 0.5) is 0 Å². The van der Waals surface area contributed by atoms with Crippen molar-refractivity contribution in [2.45, 2.75) is 200 Å². The molecule has 0 aliphatic carbocycles. The van der Waals surface area contributed by atoms with Crippen molar-refractivity contribution >= 4 is 5.97 Å². The predicted octanol–water partition coefficient (Wildman–Crippen LogP) is 15.3. The van der Waals surface area contributed by atoms with E-state index >= 15 is 0 Å². The highest BCUT2D eigenvalue weighted by atomic mass is 16.6. The van der Waals surface area contributed by atoms with Gasteiger partial charge in [-0.2, -0.15) is 0 Å². The van der Waals surface area contributed by atoms with E-state index in [9.17, 15) is 9.90 Å². The van der Waals surface area contributed by atoms with Gasteiger partial charge in [0, 0.05) is 13.0 Å². The molecule has 314 valence electrons. The second-order valence-electron chi connectivity index (χ2n) is 14.7. The van der Waals surface area contributed by atoms with E-state index < -0.39 is 6.10 Å². The Balaban J connectivity index is 3.52. The zero-order chi connectivity index (χ0) is 39.8. The van der Waals surface area contributed by atoms with Crippen molar-refractivity contribution in [2.24, 2.45) is 0 Å². The Morgan fingerprint density at radius 2 is 0.818 bits per heavy atom. The minimum absolute atomic E-state index is 0.201. The maximum absolute atomic E-state index is 12.2. The number of aliphatic hydroxyl groups is 1. The predicted molar refractivity (Wildman–Crippen MR) is 242 cm³/mol. The summed E-state index contributed by atoms with van der Waals surface area (Å²) in [6.45, 7) is 5.14. The number of allylic oxidation sites excluding steroid dienone is 16. The quantitative estimate of drug-likeness (QED) is 0.0383. The normalized spacial score (nSPS) is 13.3. The van der Waals surface area contributed by atoms with Crippen LogP contribution in [0.25, 0.3) is 0 Å². The first kappa shape index (κ1) is 52.3. The van der Waals surface area contributed by atoms with Crippen LogP contribution in [-0.4, -0.2) is 37.0 Å². The number of ether oxygens (including phenoxy) is 2. The maximum Gasteiger partial charge on any atom is 0.306 e. The number of carbonyl (C=O) groups is 1. The summed E-state index contributed by atoms with van der Waals surface area (Å²) in [4.78, 5) is 12.2. The molecule has 0 heterocycles. The molecule has 1 unspecified atom stereocenters. The van der Waals surface area contributed by atoms with Gasteiger partial charge in [0.15, 0.2) is 0 Å². The largest absolute Gasteiger partial charge is 0.457 e. The number of hydrogen-bond acceptors (Lipinski definition) is 4. The molecule has 55 heavy (non-hydrogen) atoms. The average Bonchev–Trinajstić information content (AvgIpc) is 3.19. The van der Waals surface area contributed by atoms with Crippen LogP contribution in [0.2, 0.25) is 0 Å². The number of rotatable bonds is 41. The van der Waals surface area contributed by atoms with E-state index in [1.54, 1.807) is 0 Å². The Hall–Kier alpha value is -2.69. The maximum atomic E-state index is 12.2. The standard InChI is InChI=1S/C51H86O4/c1-3-5-7-9-11-13-15-17-19-21-22-23-24-25-26-27-28-29-31-33-35-37-39-41-43-45-47-54-49-50(48-52)55-51(53)46-44-42-40-38-36-34-32-30-20-18-16-14-12-10-8-6-4-2/h6,8,12,14-15,17-18,20-22,24-25,32,34,38,40,50,52H,3-5,7,9-11,13,16,19,23,26-31,33,35-37,39,41-49H2,1-2H3/b8-6-,14-12-,17-15-,20-18-,22-21-,25-24-,34-32-,40-38-. The molecule has 0 aliphatic rings. The van der Waals surface area contributed by atoms with Crippen molar-refractivity contribution in [3.63, 3.8) is 0 Å². The minimum atomic E-state index is -0.572. The van der Waals surface area contributed by atoms with Gasteiger partial charge in [-0.15, -0.1) is 0 Å². The first-order chi connectivity index (χ1) is 27.2. The molecular formula is C51H86O4. The lowest BCUT2D eigenvalue weighted by atomic mass is 10.1. The van der Waals surface area contributed by atoms with Crippen molar-refractivity contribution in [1.82, 2.24) is 0 Å². The monoisotopic (exact) mass is 763 g/mol. The smallest absolute Gasteiger partial charge is 0.306 e. The summed E-state index contributed by atoms with van der Waals surface area (Å²) in [5.74, 6) is -0.261. The van der Waals surface area contributed by atoms with Gasteiger partial charge in [-0.3, -0.25) is 4.79 Å². The molecule has 0 amide bonds. The number of carbonyl (C=O) groups excluding carboxylic acids is 1. The van der Waals surface area contributed by atoms with Gasteiger partial charge in [-0.25, -0.2) is 0 Å². The van der Waals surface area contributed by atoms with Crippen molar-refractivity contribution in [1.29, 1.82) is 0 Å². The van der Waals surface area contributed by atoms with E-state index in [0.717, 1.165) is 64.2 Å². The third-order valence-corrected chi connectivity index (χ3v) is 9.39. The minimum Gasteiger partial charge on any atom is -0.457 e. The fourth-order valence-electron chi connectivity index (χ4n) is 6.02. The van der Waals surface area contributed by atoms with Crippen LogP contribution in [-0.2, 0) is 14.3 Å². The molecule has 0 aliphatic heterocycles. The van der Waals surface area contributed by atoms with Gasteiger partial charge in [0.2, 0.25) is 0 Å². The van der Waals surface area contributed by atoms with Gasteiger partial charge in [-0.05, 0) is 89.9 Å². The number of esters is 1. The average molecular weight is 763 g/mol. The SMILES string of the molecule is CC/C=C\C/C=C\C/C=C\C/C=C\C/C=C\CCCC(=O)OC(CO)COCCCCCCCCCCCCC/C=C\C/C=C\C/C=C\CCCCCCC. The molecule has 0 saturated carbocycles. The molecule has 4 nitrogen and oxygen atoms in total. The summed E-state index contributed by atoms with van der Waals surface area (Å²) in [6, 6.07) is 0. The summed E-state index contributed by atoms with van der Waals surface area (Å²) in [5, 5.41) is 9.61. The molecule has 0 radical (unpaired) electrons. The Morgan fingerprint density at radius 3 is 1.24 bits per heavy atom. The van der Waals surface area contributed by atoms with Gasteiger partial charge >= 0.3 is 5.97 Å². The molecule has 4 heteroatoms. The molecule has 0 aromatic rings. The van der Waals surface area contributed by atoms with Crippen molar-refractivity contribution in [3.05, 3.63) is 97.2 Å². The molecular weight excluding hydrogens is 677 g/mol. The Kier molecular flexibility index (Phi) is 45.1. The number of aliphatic hydroxyl groups excluding tert-OH is 1. The fraction of sp³-hybridized carbons (Fsp3) is 0.667. The van der Waals surface area contributed by atoms with Crippen LogP contribution >= 0.6 is 0 Å². The zero-order valence-electron chi connectivity index (χ0n) is 35.9. The van der Waals surface area contributed by atoms with E-state index in [1.165, 1.54) is 109 Å². The lowest BCUT2D eigenvalue weighted by Gasteiger charge is -2.15. The van der Waals surface area contributed by atoms with E-state index in [-0.39, 0.29) is 19.2 Å². The number of hydrogen-bond donors (Lipinski definition) is 1. The summed E-state index contributed by atoms with van der Waals surface area (Å²) in [6.07, 6.45) is 67.7. The van der Waals surface area contributed by atoms with E-state index in [1.807, 2.05) is 0 Å². The lowest BCUT2D eigenvalue weighted by Crippen LogP contribution is -2.27. The fourth-order valence-corrected chi connectivity index (χ4v) is 6.02. The Morgan fingerprint density at radius 1 is 0.455 bits per heavy atom. The van der Waals surface area contributed by atoms with Crippen molar-refractivity contribution < 1.29 is 19.4 Å².